The summed E-state index contributed by atoms with van der Waals surface area (Å²) in [5, 5.41) is 1.05. The molecule has 1 saturated carbocycles. The van der Waals surface area contributed by atoms with Crippen LogP contribution in [0, 0.1) is 0 Å². The lowest BCUT2D eigenvalue weighted by molar-refractivity contribution is -0.115. The van der Waals surface area contributed by atoms with Crippen molar-refractivity contribution in [3.63, 3.8) is 0 Å². The molecule has 0 aromatic heterocycles. The lowest BCUT2D eigenvalue weighted by atomic mass is 9.98. The van der Waals surface area contributed by atoms with Gasteiger partial charge in [0.2, 0.25) is 15.9 Å². The number of methoxy groups -OCH3 is 1. The van der Waals surface area contributed by atoms with Crippen molar-refractivity contribution in [3.05, 3.63) is 65.2 Å². The maximum atomic E-state index is 13.3. The maximum absolute atomic E-state index is 13.3. The second-order valence-electron chi connectivity index (χ2n) is 8.99. The Bertz CT molecular complexity index is 1150. The second kappa shape index (κ2) is 9.63. The van der Waals surface area contributed by atoms with Crippen LogP contribution in [0.15, 0.2) is 48.5 Å². The van der Waals surface area contributed by atoms with Crippen molar-refractivity contribution in [2.24, 2.45) is 5.73 Å². The van der Waals surface area contributed by atoms with Gasteiger partial charge in [-0.25, -0.2) is 18.2 Å². The summed E-state index contributed by atoms with van der Waals surface area (Å²) in [6.07, 6.45) is 2.39. The maximum Gasteiger partial charge on any atom is 0.335 e. The normalized spacial score (nSPS) is 19.4. The Morgan fingerprint density at radius 1 is 1.12 bits per heavy atom. The van der Waals surface area contributed by atoms with Crippen LogP contribution in [0.4, 0.5) is 4.79 Å². The zero-order chi connectivity index (χ0) is 24.5. The average Bonchev–Trinajstić information content (AvgIpc) is 3.60. The van der Waals surface area contributed by atoms with E-state index in [0.717, 1.165) is 21.9 Å². The third kappa shape index (κ3) is 5.51. The van der Waals surface area contributed by atoms with Crippen LogP contribution in [-0.2, 0) is 14.8 Å². The Labute approximate surface area is 199 Å². The van der Waals surface area contributed by atoms with Crippen LogP contribution >= 0.6 is 0 Å². The molecule has 2 aromatic carbocycles. The zero-order valence-corrected chi connectivity index (χ0v) is 20.1. The summed E-state index contributed by atoms with van der Waals surface area (Å²) in [7, 11) is -2.48. The Morgan fingerprint density at radius 2 is 1.74 bits per heavy atom. The van der Waals surface area contributed by atoms with Crippen LogP contribution in [0.5, 0.6) is 5.75 Å². The first-order chi connectivity index (χ1) is 16.2. The van der Waals surface area contributed by atoms with E-state index in [4.69, 9.17) is 10.5 Å². The molecule has 2 aliphatic rings. The van der Waals surface area contributed by atoms with Gasteiger partial charge in [-0.3, -0.25) is 4.79 Å². The van der Waals surface area contributed by atoms with Crippen molar-refractivity contribution in [2.75, 3.05) is 26.0 Å². The highest BCUT2D eigenvalue weighted by Gasteiger charge is 2.41. The molecule has 3 N–H and O–H groups in total. The number of urea groups is 1. The molecule has 2 aromatic rings. The van der Waals surface area contributed by atoms with Crippen LogP contribution in [0.25, 0.3) is 0 Å². The summed E-state index contributed by atoms with van der Waals surface area (Å²) in [5.41, 5.74) is 8.29. The molecule has 2 fully saturated rings. The van der Waals surface area contributed by atoms with E-state index < -0.39 is 27.7 Å². The van der Waals surface area contributed by atoms with Crippen molar-refractivity contribution in [3.8, 4) is 5.75 Å². The molecule has 0 radical (unpaired) electrons. The minimum atomic E-state index is -4.08. The minimum absolute atomic E-state index is 0.00901. The molecule has 9 nitrogen and oxygen atoms in total. The molecule has 1 aliphatic heterocycles. The van der Waals surface area contributed by atoms with Crippen molar-refractivity contribution >= 4 is 22.0 Å². The number of ether oxygens (including phenoxy) is 1. The minimum Gasteiger partial charge on any atom is -0.497 e. The lowest BCUT2D eigenvalue weighted by Crippen LogP contribution is -2.47. The van der Waals surface area contributed by atoms with Gasteiger partial charge in [-0.2, -0.15) is 0 Å². The summed E-state index contributed by atoms with van der Waals surface area (Å²) in [6, 6.07) is 15.0. The Morgan fingerprint density at radius 3 is 2.29 bits per heavy atom. The standard InChI is InChI=1S/C24H30N4O5S/c1-16(17-9-11-21(33-2)12-10-17)13-27-22(20-7-5-19(6-8-20)18-3-4-18)14-28(24(27)30)26-34(31,32)15-23(25)29/h5-12,16,18,22,26H,3-4,13-15H2,1-2H3,(H2,25,29). The van der Waals surface area contributed by atoms with Crippen LogP contribution in [0.3, 0.4) is 0 Å². The van der Waals surface area contributed by atoms with E-state index in [1.54, 1.807) is 12.0 Å². The quantitative estimate of drug-likeness (QED) is 0.534. The van der Waals surface area contributed by atoms with Gasteiger partial charge in [-0.15, -0.1) is 4.83 Å². The van der Waals surface area contributed by atoms with E-state index in [1.165, 1.54) is 18.4 Å². The molecule has 1 heterocycles. The largest absolute Gasteiger partial charge is 0.497 e. The predicted octanol–water partition coefficient (Wildman–Crippen LogP) is 2.47. The number of benzene rings is 2. The summed E-state index contributed by atoms with van der Waals surface area (Å²) < 4.78 is 29.8. The Hall–Kier alpha value is -3.11. The number of hydrogen-bond acceptors (Lipinski definition) is 5. The molecule has 3 amide bonds. The van der Waals surface area contributed by atoms with Gasteiger partial charge in [-0.05, 0) is 53.5 Å². The molecule has 2 unspecified atom stereocenters. The number of primary amides is 1. The second-order valence-corrected chi connectivity index (χ2v) is 10.7. The fraction of sp³-hybridized carbons (Fsp3) is 0.417. The molecule has 34 heavy (non-hydrogen) atoms. The van der Waals surface area contributed by atoms with E-state index in [0.29, 0.717) is 12.5 Å². The van der Waals surface area contributed by atoms with Crippen LogP contribution < -0.4 is 15.3 Å². The molecule has 182 valence electrons. The number of hydrazine groups is 1. The number of amides is 3. The smallest absolute Gasteiger partial charge is 0.335 e. The van der Waals surface area contributed by atoms with Gasteiger partial charge in [0.15, 0.2) is 0 Å². The van der Waals surface area contributed by atoms with E-state index in [9.17, 15) is 18.0 Å². The molecule has 0 bridgehead atoms. The summed E-state index contributed by atoms with van der Waals surface area (Å²) >= 11 is 0. The van der Waals surface area contributed by atoms with Crippen molar-refractivity contribution in [1.29, 1.82) is 0 Å². The first-order valence-corrected chi connectivity index (χ1v) is 12.9. The van der Waals surface area contributed by atoms with Crippen molar-refractivity contribution in [1.82, 2.24) is 14.7 Å². The third-order valence-corrected chi connectivity index (χ3v) is 7.48. The molecule has 1 aliphatic carbocycles. The fourth-order valence-electron chi connectivity index (χ4n) is 4.33. The molecular formula is C24H30N4O5S. The van der Waals surface area contributed by atoms with Gasteiger partial charge < -0.3 is 15.4 Å². The van der Waals surface area contributed by atoms with E-state index in [-0.39, 0.29) is 18.5 Å². The van der Waals surface area contributed by atoms with Gasteiger partial charge in [0.05, 0.1) is 19.7 Å². The predicted molar refractivity (Wildman–Crippen MR) is 127 cm³/mol. The number of nitrogens with zero attached hydrogens (tertiary/aromatic N) is 2. The average molecular weight is 487 g/mol. The molecule has 0 spiro atoms. The zero-order valence-electron chi connectivity index (χ0n) is 19.3. The van der Waals surface area contributed by atoms with Crippen LogP contribution in [0.2, 0.25) is 0 Å². The molecule has 1 saturated heterocycles. The molecule has 10 heteroatoms. The monoisotopic (exact) mass is 486 g/mol. The number of nitrogens with one attached hydrogen (secondary N) is 1. The number of carbonyl (C=O) groups is 2. The summed E-state index contributed by atoms with van der Waals surface area (Å²) in [4.78, 5) is 28.3. The number of sulfonamides is 1. The number of carbonyl (C=O) groups excluding carboxylic acids is 2. The van der Waals surface area contributed by atoms with Crippen LogP contribution in [-0.4, -0.2) is 56.2 Å². The Kier molecular flexibility index (Phi) is 6.81. The Balaban J connectivity index is 1.57. The highest BCUT2D eigenvalue weighted by molar-refractivity contribution is 7.90. The highest BCUT2D eigenvalue weighted by atomic mass is 32.2. The lowest BCUT2D eigenvalue weighted by Gasteiger charge is -2.27. The van der Waals surface area contributed by atoms with Gasteiger partial charge in [-0.1, -0.05) is 43.3 Å². The van der Waals surface area contributed by atoms with E-state index in [1.807, 2.05) is 43.3 Å². The number of nitrogens with two attached hydrogens (primary N) is 1. The fourth-order valence-corrected chi connectivity index (χ4v) is 5.26. The van der Waals surface area contributed by atoms with Crippen LogP contribution in [0.1, 0.15) is 54.3 Å². The number of hydrogen-bond donors (Lipinski definition) is 2. The summed E-state index contributed by atoms with van der Waals surface area (Å²) in [6.45, 7) is 2.52. The molecular weight excluding hydrogens is 456 g/mol. The first kappa shape index (κ1) is 24.0. The van der Waals surface area contributed by atoms with Gasteiger partial charge in [0.25, 0.3) is 0 Å². The topological polar surface area (TPSA) is 122 Å². The van der Waals surface area contributed by atoms with E-state index in [2.05, 4.69) is 17.0 Å². The van der Waals surface area contributed by atoms with Crippen molar-refractivity contribution < 1.29 is 22.7 Å². The molecule has 2 atom stereocenters. The van der Waals surface area contributed by atoms with Gasteiger partial charge in [0.1, 0.15) is 11.5 Å². The first-order valence-electron chi connectivity index (χ1n) is 11.3. The van der Waals surface area contributed by atoms with Crippen molar-refractivity contribution in [2.45, 2.75) is 37.6 Å². The number of rotatable bonds is 10. The highest BCUT2D eigenvalue weighted by Crippen LogP contribution is 2.41. The summed E-state index contributed by atoms with van der Waals surface area (Å²) in [5.74, 6) is -0.527. The van der Waals surface area contributed by atoms with Gasteiger partial charge in [0, 0.05) is 6.54 Å². The SMILES string of the molecule is COc1ccc(C(C)CN2C(=O)N(NS(=O)(=O)CC(N)=O)CC2c2ccc(C3CC3)cc2)cc1. The van der Waals surface area contributed by atoms with E-state index >= 15 is 0 Å². The molecule has 4 rings (SSSR count). The van der Waals surface area contributed by atoms with Gasteiger partial charge >= 0.3 is 6.03 Å². The third-order valence-electron chi connectivity index (χ3n) is 6.32.